The van der Waals surface area contributed by atoms with Gasteiger partial charge in [-0.05, 0) is 26.0 Å². The van der Waals surface area contributed by atoms with Crippen LogP contribution in [0.3, 0.4) is 0 Å². The lowest BCUT2D eigenvalue weighted by atomic mass is 10.1. The van der Waals surface area contributed by atoms with Gasteiger partial charge in [0.15, 0.2) is 0 Å². The molecule has 0 aliphatic rings. The molecule has 0 fully saturated rings. The van der Waals surface area contributed by atoms with Gasteiger partial charge in [-0.25, -0.2) is 9.37 Å². The third-order valence-electron chi connectivity index (χ3n) is 2.60. The third kappa shape index (κ3) is 2.90. The number of halogens is 1. The molecule has 0 saturated carbocycles. The Balaban J connectivity index is 2.21. The van der Waals surface area contributed by atoms with Gasteiger partial charge in [0.25, 0.3) is 5.91 Å². The summed E-state index contributed by atoms with van der Waals surface area (Å²) in [6.07, 6.45) is 1.66. The zero-order valence-electron chi connectivity index (χ0n) is 10.5. The number of amides is 1. The van der Waals surface area contributed by atoms with Crippen LogP contribution in [0.25, 0.3) is 0 Å². The number of hydrogen-bond acceptors (Lipinski definition) is 4. The van der Waals surface area contributed by atoms with E-state index in [1.165, 1.54) is 17.4 Å². The molecule has 1 aromatic heterocycles. The van der Waals surface area contributed by atoms with Crippen LogP contribution in [0.1, 0.15) is 29.2 Å². The molecule has 0 spiro atoms. The summed E-state index contributed by atoms with van der Waals surface area (Å²) in [5, 5.41) is 14.9. The maximum absolute atomic E-state index is 12.9. The first-order valence-electron chi connectivity index (χ1n) is 5.61. The topological polar surface area (TPSA) is 62.2 Å². The van der Waals surface area contributed by atoms with Crippen molar-refractivity contribution in [3.8, 4) is 5.75 Å². The van der Waals surface area contributed by atoms with E-state index in [1.54, 1.807) is 6.20 Å². The summed E-state index contributed by atoms with van der Waals surface area (Å²) in [6, 6.07) is 3.29. The molecule has 0 radical (unpaired) electrons. The Labute approximate surface area is 113 Å². The average molecular weight is 280 g/mol. The highest BCUT2D eigenvalue weighted by molar-refractivity contribution is 7.09. The van der Waals surface area contributed by atoms with Crippen LogP contribution in [-0.2, 0) is 5.54 Å². The van der Waals surface area contributed by atoms with Crippen LogP contribution in [0.2, 0.25) is 0 Å². The number of phenolic OH excluding ortho intramolecular Hbond substituents is 1. The number of aromatic nitrogens is 1. The monoisotopic (exact) mass is 280 g/mol. The highest BCUT2D eigenvalue weighted by Gasteiger charge is 2.27. The van der Waals surface area contributed by atoms with Gasteiger partial charge in [0.05, 0.1) is 11.1 Å². The van der Waals surface area contributed by atoms with E-state index in [0.717, 1.165) is 17.1 Å². The van der Waals surface area contributed by atoms with E-state index in [1.807, 2.05) is 19.2 Å². The van der Waals surface area contributed by atoms with Crippen molar-refractivity contribution in [2.45, 2.75) is 19.4 Å². The summed E-state index contributed by atoms with van der Waals surface area (Å²) in [4.78, 5) is 16.2. The van der Waals surface area contributed by atoms with E-state index >= 15 is 0 Å². The fourth-order valence-electron chi connectivity index (χ4n) is 1.63. The van der Waals surface area contributed by atoms with Gasteiger partial charge < -0.3 is 10.4 Å². The Hall–Kier alpha value is -1.95. The van der Waals surface area contributed by atoms with Crippen molar-refractivity contribution in [1.29, 1.82) is 0 Å². The SMILES string of the molecule is CC(C)(NC(=O)c1ccc(F)cc1O)c1nccs1. The minimum absolute atomic E-state index is 0.0334. The fourth-order valence-corrected chi connectivity index (χ4v) is 2.35. The second-order valence-corrected chi connectivity index (χ2v) is 5.47. The summed E-state index contributed by atoms with van der Waals surface area (Å²) >= 11 is 1.43. The molecule has 0 unspecified atom stereocenters. The Morgan fingerprint density at radius 2 is 2.21 bits per heavy atom. The van der Waals surface area contributed by atoms with Gasteiger partial charge in [-0.2, -0.15) is 0 Å². The minimum Gasteiger partial charge on any atom is -0.507 e. The number of hydrogen-bond donors (Lipinski definition) is 2. The van der Waals surface area contributed by atoms with E-state index in [2.05, 4.69) is 10.3 Å². The summed E-state index contributed by atoms with van der Waals surface area (Å²) in [5.41, 5.74) is -0.627. The predicted octanol–water partition coefficient (Wildman–Crippen LogP) is 2.65. The second kappa shape index (κ2) is 4.97. The van der Waals surface area contributed by atoms with Crippen molar-refractivity contribution in [1.82, 2.24) is 10.3 Å². The summed E-state index contributed by atoms with van der Waals surface area (Å²) in [6.45, 7) is 3.62. The van der Waals surface area contributed by atoms with Gasteiger partial charge in [0, 0.05) is 17.6 Å². The molecule has 0 saturated heterocycles. The van der Waals surface area contributed by atoms with Crippen LogP contribution < -0.4 is 5.32 Å². The molecule has 0 aliphatic heterocycles. The molecule has 6 heteroatoms. The molecule has 1 amide bonds. The highest BCUT2D eigenvalue weighted by Crippen LogP contribution is 2.24. The van der Waals surface area contributed by atoms with Gasteiger partial charge in [-0.1, -0.05) is 0 Å². The lowest BCUT2D eigenvalue weighted by Crippen LogP contribution is -2.40. The van der Waals surface area contributed by atoms with Gasteiger partial charge >= 0.3 is 0 Å². The third-order valence-corrected chi connectivity index (χ3v) is 3.69. The molecule has 0 aliphatic carbocycles. The number of nitrogens with one attached hydrogen (secondary N) is 1. The molecular weight excluding hydrogens is 267 g/mol. The van der Waals surface area contributed by atoms with Crippen LogP contribution in [-0.4, -0.2) is 16.0 Å². The molecule has 1 aromatic carbocycles. The zero-order valence-corrected chi connectivity index (χ0v) is 11.3. The van der Waals surface area contributed by atoms with Crippen molar-refractivity contribution < 1.29 is 14.3 Å². The van der Waals surface area contributed by atoms with Crippen LogP contribution in [0.15, 0.2) is 29.8 Å². The van der Waals surface area contributed by atoms with E-state index < -0.39 is 17.3 Å². The normalized spacial score (nSPS) is 11.3. The maximum Gasteiger partial charge on any atom is 0.255 e. The van der Waals surface area contributed by atoms with E-state index in [4.69, 9.17) is 0 Å². The van der Waals surface area contributed by atoms with Gasteiger partial charge in [-0.15, -0.1) is 11.3 Å². The average Bonchev–Trinajstić information content (AvgIpc) is 2.81. The number of carbonyl (C=O) groups excluding carboxylic acids is 1. The molecule has 2 rings (SSSR count). The predicted molar refractivity (Wildman–Crippen MR) is 70.7 cm³/mol. The number of phenols is 1. The molecule has 1 heterocycles. The number of rotatable bonds is 3. The van der Waals surface area contributed by atoms with E-state index in [9.17, 15) is 14.3 Å². The second-order valence-electron chi connectivity index (χ2n) is 4.58. The first kappa shape index (κ1) is 13.5. The number of aromatic hydroxyl groups is 1. The Kier molecular flexibility index (Phi) is 3.53. The van der Waals surface area contributed by atoms with Crippen molar-refractivity contribution in [3.63, 3.8) is 0 Å². The van der Waals surface area contributed by atoms with E-state index in [-0.39, 0.29) is 11.3 Å². The standard InChI is InChI=1S/C13H13FN2O2S/c1-13(2,12-15-5-6-19-12)16-11(18)9-4-3-8(14)7-10(9)17/h3-7,17H,1-2H3,(H,16,18). The highest BCUT2D eigenvalue weighted by atomic mass is 32.1. The largest absolute Gasteiger partial charge is 0.507 e. The zero-order chi connectivity index (χ0) is 14.0. The molecule has 2 aromatic rings. The number of nitrogens with zero attached hydrogens (tertiary/aromatic N) is 1. The Bertz CT molecular complexity index is 597. The van der Waals surface area contributed by atoms with Crippen LogP contribution in [0, 0.1) is 5.82 Å². The minimum atomic E-state index is -0.661. The van der Waals surface area contributed by atoms with Crippen molar-refractivity contribution in [2.24, 2.45) is 0 Å². The summed E-state index contributed by atoms with van der Waals surface area (Å²) in [7, 11) is 0. The molecule has 19 heavy (non-hydrogen) atoms. The van der Waals surface area contributed by atoms with E-state index in [0.29, 0.717) is 0 Å². The van der Waals surface area contributed by atoms with Crippen LogP contribution in [0.4, 0.5) is 4.39 Å². The molecule has 100 valence electrons. The lowest BCUT2D eigenvalue weighted by molar-refractivity contribution is 0.0909. The first-order valence-corrected chi connectivity index (χ1v) is 6.49. The Morgan fingerprint density at radius 3 is 2.79 bits per heavy atom. The Morgan fingerprint density at radius 1 is 1.47 bits per heavy atom. The van der Waals surface area contributed by atoms with Gasteiger partial charge in [-0.3, -0.25) is 4.79 Å². The lowest BCUT2D eigenvalue weighted by Gasteiger charge is -2.24. The van der Waals surface area contributed by atoms with Crippen LogP contribution in [0.5, 0.6) is 5.75 Å². The van der Waals surface area contributed by atoms with Gasteiger partial charge in [0.2, 0.25) is 0 Å². The maximum atomic E-state index is 12.9. The molecule has 2 N–H and O–H groups in total. The molecule has 0 bridgehead atoms. The van der Waals surface area contributed by atoms with Crippen molar-refractivity contribution in [3.05, 3.63) is 46.2 Å². The van der Waals surface area contributed by atoms with Crippen molar-refractivity contribution >= 4 is 17.2 Å². The molecule has 0 atom stereocenters. The molecule has 4 nitrogen and oxygen atoms in total. The quantitative estimate of drug-likeness (QED) is 0.908. The first-order chi connectivity index (χ1) is 8.90. The summed E-state index contributed by atoms with van der Waals surface area (Å²) in [5.74, 6) is -1.45. The summed E-state index contributed by atoms with van der Waals surface area (Å²) < 4.78 is 12.9. The van der Waals surface area contributed by atoms with Crippen LogP contribution >= 0.6 is 11.3 Å². The fraction of sp³-hybridized carbons (Fsp3) is 0.231. The van der Waals surface area contributed by atoms with Crippen molar-refractivity contribution in [2.75, 3.05) is 0 Å². The number of carbonyl (C=O) groups is 1. The molecular formula is C13H13FN2O2S. The van der Waals surface area contributed by atoms with Gasteiger partial charge in [0.1, 0.15) is 16.6 Å². The smallest absolute Gasteiger partial charge is 0.255 e. The number of benzene rings is 1. The number of thiazole rings is 1.